The predicted octanol–water partition coefficient (Wildman–Crippen LogP) is 0.972. The van der Waals surface area contributed by atoms with Crippen molar-refractivity contribution in [2.45, 2.75) is 38.8 Å². The van der Waals surface area contributed by atoms with Crippen molar-refractivity contribution in [2.24, 2.45) is 5.92 Å². The molecule has 0 saturated heterocycles. The molecule has 0 fully saturated rings. The first-order chi connectivity index (χ1) is 12.9. The van der Waals surface area contributed by atoms with Crippen LogP contribution in [0.25, 0.3) is 10.9 Å². The van der Waals surface area contributed by atoms with E-state index in [1.165, 1.54) is 10.9 Å². The lowest BCUT2D eigenvalue weighted by Crippen LogP contribution is -2.53. The van der Waals surface area contributed by atoms with Crippen LogP contribution in [0.2, 0.25) is 0 Å². The standard InChI is InChI=1S/C19H25N3O4S/c1-4-12(2)16(19(25)26)21-17(23)15(9-10-27-3)22-11-20-14-8-6-5-7-13(14)18(22)24/h5-8,11-12,15-16H,4,9-10H2,1-3H3,(H,21,23)(H,25,26)/p-1/t12-,15+,16+/m1/s1. The highest BCUT2D eigenvalue weighted by Gasteiger charge is 2.27. The van der Waals surface area contributed by atoms with Crippen molar-refractivity contribution >= 4 is 34.5 Å². The number of carbonyl (C=O) groups is 2. The summed E-state index contributed by atoms with van der Waals surface area (Å²) in [6.45, 7) is 3.58. The number of nitrogens with zero attached hydrogens (tertiary/aromatic N) is 2. The van der Waals surface area contributed by atoms with Crippen LogP contribution in [0.5, 0.6) is 0 Å². The Morgan fingerprint density at radius 1 is 1.33 bits per heavy atom. The van der Waals surface area contributed by atoms with Crippen LogP contribution in [-0.4, -0.2) is 39.5 Å². The Bertz CT molecular complexity index is 867. The van der Waals surface area contributed by atoms with Crippen molar-refractivity contribution in [1.82, 2.24) is 14.9 Å². The molecule has 0 aliphatic heterocycles. The Hall–Kier alpha value is -2.35. The largest absolute Gasteiger partial charge is 0.548 e. The Morgan fingerprint density at radius 2 is 2.04 bits per heavy atom. The zero-order valence-corrected chi connectivity index (χ0v) is 16.5. The van der Waals surface area contributed by atoms with Crippen molar-refractivity contribution in [3.8, 4) is 0 Å². The number of aliphatic carboxylic acids is 1. The van der Waals surface area contributed by atoms with Crippen molar-refractivity contribution < 1.29 is 14.7 Å². The van der Waals surface area contributed by atoms with Crippen LogP contribution in [-0.2, 0) is 9.59 Å². The van der Waals surface area contributed by atoms with Gasteiger partial charge in [-0.2, -0.15) is 11.8 Å². The summed E-state index contributed by atoms with van der Waals surface area (Å²) in [4.78, 5) is 41.4. The SMILES string of the molecule is CC[C@@H](C)[C@H](NC(=O)[C@H](CCSC)n1cnc2ccccc2c1=O)C(=O)[O-]. The number of nitrogens with one attached hydrogen (secondary N) is 1. The van der Waals surface area contributed by atoms with E-state index in [1.807, 2.05) is 13.2 Å². The number of thioether (sulfide) groups is 1. The molecule has 1 aromatic carbocycles. The molecule has 3 atom stereocenters. The van der Waals surface area contributed by atoms with E-state index in [2.05, 4.69) is 10.3 Å². The third-order valence-electron chi connectivity index (χ3n) is 4.69. The molecule has 27 heavy (non-hydrogen) atoms. The first-order valence-corrected chi connectivity index (χ1v) is 10.3. The van der Waals surface area contributed by atoms with Gasteiger partial charge in [0.25, 0.3) is 5.56 Å². The van der Waals surface area contributed by atoms with E-state index in [1.54, 1.807) is 43.0 Å². The predicted molar refractivity (Wildman–Crippen MR) is 104 cm³/mol. The highest BCUT2D eigenvalue weighted by Crippen LogP contribution is 2.16. The molecule has 1 amide bonds. The van der Waals surface area contributed by atoms with Crippen molar-refractivity contribution in [2.75, 3.05) is 12.0 Å². The summed E-state index contributed by atoms with van der Waals surface area (Å²) in [5.74, 6) is -1.49. The molecule has 7 nitrogen and oxygen atoms in total. The number of hydrogen-bond donors (Lipinski definition) is 1. The number of hydrogen-bond acceptors (Lipinski definition) is 6. The van der Waals surface area contributed by atoms with Crippen LogP contribution in [0.3, 0.4) is 0 Å². The molecule has 0 aliphatic carbocycles. The summed E-state index contributed by atoms with van der Waals surface area (Å²) in [5.41, 5.74) is 0.227. The Balaban J connectivity index is 2.40. The minimum Gasteiger partial charge on any atom is -0.548 e. The van der Waals surface area contributed by atoms with Crippen molar-refractivity contribution in [3.63, 3.8) is 0 Å². The zero-order valence-electron chi connectivity index (χ0n) is 15.7. The van der Waals surface area contributed by atoms with Crippen molar-refractivity contribution in [1.29, 1.82) is 0 Å². The number of carboxylic acids is 1. The second-order valence-corrected chi connectivity index (χ2v) is 7.45. The molecule has 1 N–H and O–H groups in total. The fourth-order valence-corrected chi connectivity index (χ4v) is 3.31. The maximum Gasteiger partial charge on any atom is 0.261 e. The molecular weight excluding hydrogens is 366 g/mol. The molecule has 8 heteroatoms. The highest BCUT2D eigenvalue weighted by molar-refractivity contribution is 7.98. The van der Waals surface area contributed by atoms with Gasteiger partial charge in [0.1, 0.15) is 6.04 Å². The third kappa shape index (κ3) is 4.88. The molecule has 2 aromatic rings. The Morgan fingerprint density at radius 3 is 2.67 bits per heavy atom. The zero-order chi connectivity index (χ0) is 20.0. The average Bonchev–Trinajstić information content (AvgIpc) is 2.67. The quantitative estimate of drug-likeness (QED) is 0.684. The second-order valence-electron chi connectivity index (χ2n) is 6.46. The number of carboxylic acid groups (broad SMARTS) is 1. The van der Waals surface area contributed by atoms with Crippen LogP contribution in [0.1, 0.15) is 32.7 Å². The normalized spacial score (nSPS) is 14.5. The summed E-state index contributed by atoms with van der Waals surface area (Å²) in [5, 5.41) is 14.4. The maximum atomic E-state index is 12.9. The van der Waals surface area contributed by atoms with Crippen LogP contribution < -0.4 is 16.0 Å². The Labute approximate surface area is 162 Å². The minimum absolute atomic E-state index is 0.286. The summed E-state index contributed by atoms with van der Waals surface area (Å²) >= 11 is 1.54. The second kappa shape index (κ2) is 9.55. The van der Waals surface area contributed by atoms with E-state index >= 15 is 0 Å². The third-order valence-corrected chi connectivity index (χ3v) is 5.33. The van der Waals surface area contributed by atoms with Gasteiger partial charge < -0.3 is 15.2 Å². The lowest BCUT2D eigenvalue weighted by atomic mass is 9.98. The number of fused-ring (bicyclic) bond motifs is 1. The van der Waals surface area contributed by atoms with E-state index in [9.17, 15) is 19.5 Å². The molecule has 0 spiro atoms. The summed E-state index contributed by atoms with van der Waals surface area (Å²) < 4.78 is 1.29. The first kappa shape index (κ1) is 21.0. The van der Waals surface area contributed by atoms with Gasteiger partial charge in [-0.1, -0.05) is 32.4 Å². The van der Waals surface area contributed by atoms with Crippen LogP contribution in [0.15, 0.2) is 35.4 Å². The van der Waals surface area contributed by atoms with Gasteiger partial charge in [0.15, 0.2) is 0 Å². The molecule has 0 aliphatic rings. The summed E-state index contributed by atoms with van der Waals surface area (Å²) in [6, 6.07) is 4.97. The lowest BCUT2D eigenvalue weighted by Gasteiger charge is -2.28. The molecule has 0 bridgehead atoms. The molecule has 2 rings (SSSR count). The van der Waals surface area contributed by atoms with Crippen LogP contribution in [0, 0.1) is 5.92 Å². The molecule has 0 saturated carbocycles. The van der Waals surface area contributed by atoms with E-state index in [-0.39, 0.29) is 11.5 Å². The van der Waals surface area contributed by atoms with E-state index in [4.69, 9.17) is 0 Å². The number of aromatic nitrogens is 2. The van der Waals surface area contributed by atoms with Gasteiger partial charge in [-0.25, -0.2) is 4.98 Å². The van der Waals surface area contributed by atoms with Gasteiger partial charge in [0.2, 0.25) is 5.91 Å². The smallest absolute Gasteiger partial charge is 0.261 e. The number of para-hydroxylation sites is 1. The van der Waals surface area contributed by atoms with Gasteiger partial charge in [0, 0.05) is 0 Å². The van der Waals surface area contributed by atoms with Gasteiger partial charge in [-0.3, -0.25) is 14.2 Å². The topological polar surface area (TPSA) is 104 Å². The lowest BCUT2D eigenvalue weighted by molar-refractivity contribution is -0.309. The molecule has 0 unspecified atom stereocenters. The van der Waals surface area contributed by atoms with Crippen LogP contribution in [0.4, 0.5) is 0 Å². The molecule has 1 heterocycles. The summed E-state index contributed by atoms with van der Waals surface area (Å²) in [6.07, 6.45) is 4.21. The maximum absolute atomic E-state index is 12.9. The van der Waals surface area contributed by atoms with Gasteiger partial charge in [0.05, 0.1) is 29.2 Å². The number of rotatable bonds is 9. The first-order valence-electron chi connectivity index (χ1n) is 8.86. The fraction of sp³-hybridized carbons (Fsp3) is 0.474. The molecule has 1 aromatic heterocycles. The van der Waals surface area contributed by atoms with E-state index < -0.39 is 24.0 Å². The van der Waals surface area contributed by atoms with Crippen LogP contribution >= 0.6 is 11.8 Å². The molecule has 0 radical (unpaired) electrons. The highest BCUT2D eigenvalue weighted by atomic mass is 32.2. The van der Waals surface area contributed by atoms with Gasteiger partial charge >= 0.3 is 0 Å². The average molecular weight is 390 g/mol. The number of benzene rings is 1. The monoisotopic (exact) mass is 390 g/mol. The Kier molecular flexibility index (Phi) is 7.41. The fourth-order valence-electron chi connectivity index (χ4n) is 2.85. The molecule has 146 valence electrons. The minimum atomic E-state index is -1.33. The number of carbonyl (C=O) groups excluding carboxylic acids is 2. The van der Waals surface area contributed by atoms with Gasteiger partial charge in [-0.15, -0.1) is 0 Å². The van der Waals surface area contributed by atoms with Crippen molar-refractivity contribution in [3.05, 3.63) is 40.9 Å². The van der Waals surface area contributed by atoms with E-state index in [0.717, 1.165) is 0 Å². The van der Waals surface area contributed by atoms with Gasteiger partial charge in [-0.05, 0) is 36.5 Å². The van der Waals surface area contributed by atoms with E-state index in [0.29, 0.717) is 29.5 Å². The molecular formula is C19H24N3O4S-. The number of amides is 1. The summed E-state index contributed by atoms with van der Waals surface area (Å²) in [7, 11) is 0.